The summed E-state index contributed by atoms with van der Waals surface area (Å²) in [6.45, 7) is 2.31. The Balaban J connectivity index is 1.51. The Morgan fingerprint density at radius 1 is 1.22 bits per heavy atom. The van der Waals surface area contributed by atoms with E-state index in [-0.39, 0.29) is 24.0 Å². The monoisotopic (exact) mass is 480 g/mol. The van der Waals surface area contributed by atoms with E-state index >= 15 is 0 Å². The Hall–Kier alpha value is -2.30. The van der Waals surface area contributed by atoms with Crippen molar-refractivity contribution >= 4 is 38.2 Å². The minimum atomic E-state index is -3.83. The SMILES string of the molecule is CCOC(=O)c1c(NC(=O)[C@H]2CCCN(S(=O)(=O)c3ccc(F)cc3)C2)sc2c1CCC2. The van der Waals surface area contributed by atoms with E-state index < -0.39 is 27.7 Å². The van der Waals surface area contributed by atoms with Gasteiger partial charge in [0.1, 0.15) is 10.8 Å². The molecule has 2 aromatic rings. The second-order valence-electron chi connectivity index (χ2n) is 7.93. The predicted molar refractivity (Wildman–Crippen MR) is 119 cm³/mol. The highest BCUT2D eigenvalue weighted by Gasteiger charge is 2.35. The van der Waals surface area contributed by atoms with Crippen molar-refractivity contribution in [1.82, 2.24) is 4.31 Å². The zero-order chi connectivity index (χ0) is 22.9. The van der Waals surface area contributed by atoms with Crippen LogP contribution in [0, 0.1) is 11.7 Å². The Morgan fingerprint density at radius 2 is 1.97 bits per heavy atom. The fourth-order valence-electron chi connectivity index (χ4n) is 4.26. The van der Waals surface area contributed by atoms with E-state index in [1.165, 1.54) is 27.8 Å². The summed E-state index contributed by atoms with van der Waals surface area (Å²) in [6, 6.07) is 4.67. The molecule has 1 amide bonds. The van der Waals surface area contributed by atoms with Crippen LogP contribution in [0.2, 0.25) is 0 Å². The number of benzene rings is 1. The average molecular weight is 481 g/mol. The molecule has 0 bridgehead atoms. The summed E-state index contributed by atoms with van der Waals surface area (Å²) in [6.07, 6.45) is 3.70. The van der Waals surface area contributed by atoms with E-state index in [1.807, 2.05) is 0 Å². The van der Waals surface area contributed by atoms with Crippen molar-refractivity contribution in [2.75, 3.05) is 25.0 Å². The summed E-state index contributed by atoms with van der Waals surface area (Å²) < 4.78 is 45.6. The van der Waals surface area contributed by atoms with Crippen molar-refractivity contribution < 1.29 is 27.1 Å². The number of hydrogen-bond acceptors (Lipinski definition) is 6. The topological polar surface area (TPSA) is 92.8 Å². The second-order valence-corrected chi connectivity index (χ2v) is 11.0. The van der Waals surface area contributed by atoms with Gasteiger partial charge in [-0.3, -0.25) is 4.79 Å². The maximum absolute atomic E-state index is 13.2. The maximum Gasteiger partial charge on any atom is 0.341 e. The molecule has 1 N–H and O–H groups in total. The van der Waals surface area contributed by atoms with Gasteiger partial charge in [-0.05, 0) is 68.9 Å². The fraction of sp³-hybridized carbons (Fsp3) is 0.455. The molecular formula is C22H25FN2O5S2. The molecule has 4 rings (SSSR count). The van der Waals surface area contributed by atoms with Gasteiger partial charge in [0.25, 0.3) is 0 Å². The van der Waals surface area contributed by atoms with Gasteiger partial charge in [0.05, 0.1) is 23.0 Å². The van der Waals surface area contributed by atoms with Crippen molar-refractivity contribution in [3.8, 4) is 0 Å². The van der Waals surface area contributed by atoms with Crippen LogP contribution in [0.5, 0.6) is 0 Å². The molecule has 0 saturated carbocycles. The van der Waals surface area contributed by atoms with Crippen LogP contribution < -0.4 is 5.32 Å². The number of amides is 1. The van der Waals surface area contributed by atoms with E-state index in [0.29, 0.717) is 30.0 Å². The van der Waals surface area contributed by atoms with Gasteiger partial charge in [-0.2, -0.15) is 4.31 Å². The molecular weight excluding hydrogens is 455 g/mol. The van der Waals surface area contributed by atoms with Crippen LogP contribution in [0.3, 0.4) is 0 Å². The van der Waals surface area contributed by atoms with Crippen LogP contribution >= 0.6 is 11.3 Å². The lowest BCUT2D eigenvalue weighted by Crippen LogP contribution is -2.43. The Bertz CT molecular complexity index is 1130. The first-order valence-electron chi connectivity index (χ1n) is 10.7. The number of halogens is 1. The lowest BCUT2D eigenvalue weighted by Gasteiger charge is -2.31. The summed E-state index contributed by atoms with van der Waals surface area (Å²) in [4.78, 5) is 26.7. The third-order valence-corrected chi connectivity index (χ3v) is 8.93. The highest BCUT2D eigenvalue weighted by Crippen LogP contribution is 2.40. The number of nitrogens with one attached hydrogen (secondary N) is 1. The molecule has 1 atom stereocenters. The van der Waals surface area contributed by atoms with Gasteiger partial charge in [-0.25, -0.2) is 17.6 Å². The number of sulfonamides is 1. The zero-order valence-electron chi connectivity index (χ0n) is 17.7. The molecule has 1 aromatic heterocycles. The number of aryl methyl sites for hydroxylation is 1. The fourth-order valence-corrected chi connectivity index (χ4v) is 7.06. The highest BCUT2D eigenvalue weighted by molar-refractivity contribution is 7.89. The van der Waals surface area contributed by atoms with Crippen molar-refractivity contribution in [1.29, 1.82) is 0 Å². The Kier molecular flexibility index (Phi) is 6.64. The average Bonchev–Trinajstić information content (AvgIpc) is 3.35. The molecule has 0 unspecified atom stereocenters. The van der Waals surface area contributed by atoms with E-state index in [1.54, 1.807) is 6.92 Å². The summed E-state index contributed by atoms with van der Waals surface area (Å²) in [5.74, 6) is -1.81. The third-order valence-electron chi connectivity index (χ3n) is 5.84. The maximum atomic E-state index is 13.2. The first-order chi connectivity index (χ1) is 15.3. The van der Waals surface area contributed by atoms with E-state index in [2.05, 4.69) is 5.32 Å². The first kappa shape index (κ1) is 22.9. The Morgan fingerprint density at radius 3 is 2.69 bits per heavy atom. The predicted octanol–water partition coefficient (Wildman–Crippen LogP) is 3.59. The van der Waals surface area contributed by atoms with Gasteiger partial charge >= 0.3 is 5.97 Å². The number of thiophene rings is 1. The van der Waals surface area contributed by atoms with Gasteiger partial charge in [0, 0.05) is 18.0 Å². The molecule has 2 aliphatic rings. The van der Waals surface area contributed by atoms with Crippen LogP contribution in [0.1, 0.15) is 47.0 Å². The number of nitrogens with zero attached hydrogens (tertiary/aromatic N) is 1. The quantitative estimate of drug-likeness (QED) is 0.638. The van der Waals surface area contributed by atoms with Crippen molar-refractivity contribution in [3.63, 3.8) is 0 Å². The Labute approximate surface area is 190 Å². The molecule has 1 saturated heterocycles. The van der Waals surface area contributed by atoms with Gasteiger partial charge in [0.15, 0.2) is 0 Å². The van der Waals surface area contributed by atoms with Crippen LogP contribution in [-0.2, 0) is 32.4 Å². The van der Waals surface area contributed by atoms with Crippen molar-refractivity contribution in [3.05, 3.63) is 46.1 Å². The number of piperidine rings is 1. The lowest BCUT2D eigenvalue weighted by molar-refractivity contribution is -0.120. The first-order valence-corrected chi connectivity index (χ1v) is 12.9. The number of esters is 1. The third kappa shape index (κ3) is 4.44. The van der Waals surface area contributed by atoms with E-state index in [4.69, 9.17) is 4.74 Å². The van der Waals surface area contributed by atoms with Crippen LogP contribution in [0.4, 0.5) is 9.39 Å². The molecule has 1 fully saturated rings. The molecule has 2 heterocycles. The molecule has 1 aromatic carbocycles. The standard InChI is InChI=1S/C22H25FN2O5S2/c1-2-30-22(27)19-17-6-3-7-18(17)31-21(19)24-20(26)14-5-4-12-25(13-14)32(28,29)16-10-8-15(23)9-11-16/h8-11,14H,2-7,12-13H2,1H3,(H,24,26)/t14-/m0/s1. The van der Waals surface area contributed by atoms with E-state index in [0.717, 1.165) is 41.8 Å². The molecule has 1 aliphatic heterocycles. The van der Waals surface area contributed by atoms with Gasteiger partial charge < -0.3 is 10.1 Å². The summed E-state index contributed by atoms with van der Waals surface area (Å²) in [5, 5.41) is 3.36. The van der Waals surface area contributed by atoms with Crippen molar-refractivity contribution in [2.24, 2.45) is 5.92 Å². The highest BCUT2D eigenvalue weighted by atomic mass is 32.2. The van der Waals surface area contributed by atoms with Gasteiger partial charge in [0.2, 0.25) is 15.9 Å². The molecule has 7 nitrogen and oxygen atoms in total. The molecule has 1 aliphatic carbocycles. The number of anilines is 1. The summed E-state index contributed by atoms with van der Waals surface area (Å²) in [5.41, 5.74) is 1.39. The summed E-state index contributed by atoms with van der Waals surface area (Å²) >= 11 is 1.40. The normalized spacial score (nSPS) is 18.9. The minimum absolute atomic E-state index is 0.000706. The molecule has 172 valence electrons. The number of carbonyl (C=O) groups is 2. The van der Waals surface area contributed by atoms with Gasteiger partial charge in [-0.1, -0.05) is 0 Å². The van der Waals surface area contributed by atoms with Crippen molar-refractivity contribution in [2.45, 2.75) is 43.9 Å². The van der Waals surface area contributed by atoms with Crippen LogP contribution in [-0.4, -0.2) is 44.3 Å². The lowest BCUT2D eigenvalue weighted by atomic mass is 9.99. The molecule has 32 heavy (non-hydrogen) atoms. The summed E-state index contributed by atoms with van der Waals surface area (Å²) in [7, 11) is -3.83. The zero-order valence-corrected chi connectivity index (χ0v) is 19.4. The molecule has 10 heteroatoms. The smallest absolute Gasteiger partial charge is 0.341 e. The van der Waals surface area contributed by atoms with Crippen LogP contribution in [0.15, 0.2) is 29.2 Å². The second kappa shape index (κ2) is 9.29. The number of fused-ring (bicyclic) bond motifs is 1. The molecule has 0 radical (unpaired) electrons. The number of rotatable bonds is 6. The van der Waals surface area contributed by atoms with Crippen LogP contribution in [0.25, 0.3) is 0 Å². The molecule has 0 spiro atoms. The minimum Gasteiger partial charge on any atom is -0.462 e. The number of ether oxygens (including phenoxy) is 1. The van der Waals surface area contributed by atoms with Gasteiger partial charge in [-0.15, -0.1) is 11.3 Å². The number of hydrogen-bond donors (Lipinski definition) is 1. The number of carbonyl (C=O) groups excluding carboxylic acids is 2. The van der Waals surface area contributed by atoms with E-state index in [9.17, 15) is 22.4 Å². The largest absolute Gasteiger partial charge is 0.462 e.